The summed E-state index contributed by atoms with van der Waals surface area (Å²) in [4.78, 5) is 0. The largest absolute Gasteiger partial charge is 0.275 e. The van der Waals surface area contributed by atoms with Crippen molar-refractivity contribution in [1.82, 2.24) is 19.6 Å². The molecule has 0 unspecified atom stereocenters. The number of aryl methyl sites for hydroxylation is 2. The van der Waals surface area contributed by atoms with Gasteiger partial charge >= 0.3 is 0 Å². The lowest BCUT2D eigenvalue weighted by Crippen LogP contribution is -2.01. The molecule has 5 heteroatoms. The van der Waals surface area contributed by atoms with Gasteiger partial charge in [-0.1, -0.05) is 0 Å². The average Bonchev–Trinajstić information content (AvgIpc) is 2.62. The molecule has 0 radical (unpaired) electrons. The van der Waals surface area contributed by atoms with Gasteiger partial charge in [0.05, 0.1) is 12.2 Å². The summed E-state index contributed by atoms with van der Waals surface area (Å²) in [6.45, 7) is 2.80. The number of hydrogen-bond acceptors (Lipinski definition) is 2. The summed E-state index contributed by atoms with van der Waals surface area (Å²) in [5.41, 5.74) is 2.24. The van der Waals surface area contributed by atoms with Crippen molar-refractivity contribution in [3.63, 3.8) is 0 Å². The van der Waals surface area contributed by atoms with Gasteiger partial charge in [-0.2, -0.15) is 10.2 Å². The zero-order valence-corrected chi connectivity index (χ0v) is 10.3. The zero-order valence-electron chi connectivity index (χ0n) is 8.11. The number of rotatable bonds is 2. The summed E-state index contributed by atoms with van der Waals surface area (Å²) < 4.78 is 4.77. The van der Waals surface area contributed by atoms with Crippen molar-refractivity contribution in [2.45, 2.75) is 13.5 Å². The summed E-state index contributed by atoms with van der Waals surface area (Å²) in [5, 5.41) is 8.67. The standard InChI is InChI=1S/C9H11IN4/c1-7-5-14(12-9(7)10)6-8-3-4-13(2)11-8/h3-5H,6H2,1-2H3. The Morgan fingerprint density at radius 2 is 2.21 bits per heavy atom. The number of aromatic nitrogens is 4. The van der Waals surface area contributed by atoms with E-state index < -0.39 is 0 Å². The summed E-state index contributed by atoms with van der Waals surface area (Å²) >= 11 is 2.24. The highest BCUT2D eigenvalue weighted by Crippen LogP contribution is 2.08. The van der Waals surface area contributed by atoms with Crippen LogP contribution in [0.3, 0.4) is 0 Å². The van der Waals surface area contributed by atoms with Crippen LogP contribution in [-0.2, 0) is 13.6 Å². The van der Waals surface area contributed by atoms with Gasteiger partial charge in [0.1, 0.15) is 3.70 Å². The molecular formula is C9H11IN4. The van der Waals surface area contributed by atoms with E-state index in [1.807, 2.05) is 30.2 Å². The molecule has 0 saturated carbocycles. The minimum atomic E-state index is 0.741. The van der Waals surface area contributed by atoms with Crippen LogP contribution in [0.1, 0.15) is 11.3 Å². The first-order chi connectivity index (χ1) is 6.65. The predicted octanol–water partition coefficient (Wildman–Crippen LogP) is 1.58. The van der Waals surface area contributed by atoms with Gasteiger partial charge in [-0.15, -0.1) is 0 Å². The average molecular weight is 302 g/mol. The van der Waals surface area contributed by atoms with Crippen LogP contribution in [0.4, 0.5) is 0 Å². The van der Waals surface area contributed by atoms with E-state index in [0.717, 1.165) is 15.9 Å². The molecule has 2 rings (SSSR count). The fourth-order valence-electron chi connectivity index (χ4n) is 1.29. The van der Waals surface area contributed by atoms with Gasteiger partial charge in [0.25, 0.3) is 0 Å². The van der Waals surface area contributed by atoms with E-state index in [0.29, 0.717) is 0 Å². The molecule has 2 heterocycles. The quantitative estimate of drug-likeness (QED) is 0.790. The smallest absolute Gasteiger partial charge is 0.126 e. The second kappa shape index (κ2) is 3.72. The lowest BCUT2D eigenvalue weighted by atomic mass is 10.4. The molecule has 74 valence electrons. The molecule has 0 fully saturated rings. The summed E-state index contributed by atoms with van der Waals surface area (Å²) in [6, 6.07) is 2.00. The van der Waals surface area contributed by atoms with Gasteiger partial charge < -0.3 is 0 Å². The first-order valence-corrected chi connectivity index (χ1v) is 5.41. The van der Waals surface area contributed by atoms with Crippen LogP contribution in [0.5, 0.6) is 0 Å². The van der Waals surface area contributed by atoms with Crippen LogP contribution in [-0.4, -0.2) is 19.6 Å². The third-order valence-corrected chi connectivity index (χ3v) is 3.04. The minimum Gasteiger partial charge on any atom is -0.275 e. The van der Waals surface area contributed by atoms with Gasteiger partial charge in [0, 0.05) is 25.0 Å². The highest BCUT2D eigenvalue weighted by atomic mass is 127. The van der Waals surface area contributed by atoms with Crippen LogP contribution < -0.4 is 0 Å². The van der Waals surface area contributed by atoms with Gasteiger partial charge in [0.2, 0.25) is 0 Å². The van der Waals surface area contributed by atoms with E-state index in [2.05, 4.69) is 39.7 Å². The highest BCUT2D eigenvalue weighted by molar-refractivity contribution is 14.1. The molecule has 0 spiro atoms. The van der Waals surface area contributed by atoms with Crippen LogP contribution in [0.2, 0.25) is 0 Å². The first kappa shape index (κ1) is 9.70. The fourth-order valence-corrected chi connectivity index (χ4v) is 1.71. The maximum absolute atomic E-state index is 4.37. The Balaban J connectivity index is 2.18. The number of halogens is 1. The Morgan fingerprint density at radius 3 is 2.71 bits per heavy atom. The van der Waals surface area contributed by atoms with E-state index in [4.69, 9.17) is 0 Å². The van der Waals surface area contributed by atoms with E-state index in [-0.39, 0.29) is 0 Å². The van der Waals surface area contributed by atoms with Crippen LogP contribution >= 0.6 is 22.6 Å². The molecule has 4 nitrogen and oxygen atoms in total. The van der Waals surface area contributed by atoms with Crippen molar-refractivity contribution in [2.24, 2.45) is 7.05 Å². The third kappa shape index (κ3) is 1.97. The van der Waals surface area contributed by atoms with E-state index >= 15 is 0 Å². The van der Waals surface area contributed by atoms with Crippen LogP contribution in [0.25, 0.3) is 0 Å². The molecule has 0 aliphatic heterocycles. The van der Waals surface area contributed by atoms with E-state index in [1.165, 1.54) is 5.56 Å². The normalized spacial score (nSPS) is 10.8. The Labute approximate surface area is 96.1 Å². The second-order valence-corrected chi connectivity index (χ2v) is 4.30. The second-order valence-electron chi connectivity index (χ2n) is 3.28. The van der Waals surface area contributed by atoms with Crippen molar-refractivity contribution < 1.29 is 0 Å². The maximum atomic E-state index is 4.37. The zero-order chi connectivity index (χ0) is 10.1. The molecule has 0 aliphatic rings. The Bertz CT molecular complexity index is 424. The predicted molar refractivity (Wildman–Crippen MR) is 62.0 cm³/mol. The SMILES string of the molecule is Cc1cn(Cc2ccn(C)n2)nc1I. The summed E-state index contributed by atoms with van der Waals surface area (Å²) in [5.74, 6) is 0. The molecule has 0 amide bonds. The molecule has 0 N–H and O–H groups in total. The highest BCUT2D eigenvalue weighted by Gasteiger charge is 2.03. The van der Waals surface area contributed by atoms with Crippen LogP contribution in [0, 0.1) is 10.6 Å². The number of nitrogens with zero attached hydrogens (tertiary/aromatic N) is 4. The van der Waals surface area contributed by atoms with Gasteiger partial charge in [-0.3, -0.25) is 9.36 Å². The van der Waals surface area contributed by atoms with Crippen molar-refractivity contribution >= 4 is 22.6 Å². The first-order valence-electron chi connectivity index (χ1n) is 4.33. The molecule has 14 heavy (non-hydrogen) atoms. The van der Waals surface area contributed by atoms with Crippen molar-refractivity contribution in [3.8, 4) is 0 Å². The van der Waals surface area contributed by atoms with Gasteiger partial charge in [-0.05, 0) is 35.6 Å². The molecule has 2 aromatic heterocycles. The van der Waals surface area contributed by atoms with E-state index in [9.17, 15) is 0 Å². The number of hydrogen-bond donors (Lipinski definition) is 0. The molecule has 0 saturated heterocycles. The summed E-state index contributed by atoms with van der Waals surface area (Å²) in [7, 11) is 1.92. The monoisotopic (exact) mass is 302 g/mol. The molecule has 0 bridgehead atoms. The van der Waals surface area contributed by atoms with E-state index in [1.54, 1.807) is 4.68 Å². The Kier molecular flexibility index (Phi) is 2.58. The molecule has 2 aromatic rings. The van der Waals surface area contributed by atoms with Gasteiger partial charge in [0.15, 0.2) is 0 Å². The van der Waals surface area contributed by atoms with Crippen molar-refractivity contribution in [1.29, 1.82) is 0 Å². The fraction of sp³-hybridized carbons (Fsp3) is 0.333. The molecular weight excluding hydrogens is 291 g/mol. The Hall–Kier alpha value is -0.850. The molecule has 0 aromatic carbocycles. The Morgan fingerprint density at radius 1 is 1.43 bits per heavy atom. The van der Waals surface area contributed by atoms with Crippen LogP contribution in [0.15, 0.2) is 18.5 Å². The third-order valence-electron chi connectivity index (χ3n) is 1.98. The van der Waals surface area contributed by atoms with Crippen molar-refractivity contribution in [3.05, 3.63) is 33.4 Å². The topological polar surface area (TPSA) is 35.6 Å². The lowest BCUT2D eigenvalue weighted by Gasteiger charge is -1.96. The van der Waals surface area contributed by atoms with Gasteiger partial charge in [-0.25, -0.2) is 0 Å². The molecule has 0 aliphatic carbocycles. The molecule has 0 atom stereocenters. The lowest BCUT2D eigenvalue weighted by molar-refractivity contribution is 0.646. The summed E-state index contributed by atoms with van der Waals surface area (Å²) in [6.07, 6.45) is 3.98. The minimum absolute atomic E-state index is 0.741. The maximum Gasteiger partial charge on any atom is 0.126 e. The van der Waals surface area contributed by atoms with Crippen molar-refractivity contribution in [2.75, 3.05) is 0 Å².